The van der Waals surface area contributed by atoms with Gasteiger partial charge in [-0.1, -0.05) is 12.1 Å². The summed E-state index contributed by atoms with van der Waals surface area (Å²) in [4.78, 5) is 1.29. The van der Waals surface area contributed by atoms with E-state index in [4.69, 9.17) is 10.6 Å². The van der Waals surface area contributed by atoms with Gasteiger partial charge in [0.1, 0.15) is 0 Å². The molecule has 4 heteroatoms. The molecular weight excluding hydrogens is 244 g/mol. The Labute approximate surface area is 113 Å². The van der Waals surface area contributed by atoms with Crippen molar-refractivity contribution in [3.05, 3.63) is 29.8 Å². The standard InChI is InChI=1S/C14H22N2OS/c1-18-13-7-4-11(5-8-13)14(16-15)9-6-12-3-2-10-17-12/h4-5,7-8,12,14,16H,2-3,6,9-10,15H2,1H3. The van der Waals surface area contributed by atoms with Gasteiger partial charge in [-0.3, -0.25) is 11.3 Å². The number of thioether (sulfide) groups is 1. The summed E-state index contributed by atoms with van der Waals surface area (Å²) in [5, 5.41) is 0. The zero-order valence-corrected chi connectivity index (χ0v) is 11.7. The van der Waals surface area contributed by atoms with Crippen molar-refractivity contribution in [2.75, 3.05) is 12.9 Å². The van der Waals surface area contributed by atoms with Crippen LogP contribution in [0.25, 0.3) is 0 Å². The summed E-state index contributed by atoms with van der Waals surface area (Å²) in [7, 11) is 0. The van der Waals surface area contributed by atoms with Crippen LogP contribution in [-0.4, -0.2) is 19.0 Å². The topological polar surface area (TPSA) is 47.3 Å². The average Bonchev–Trinajstić information content (AvgIpc) is 2.93. The molecule has 0 radical (unpaired) electrons. The lowest BCUT2D eigenvalue weighted by Gasteiger charge is -2.18. The number of ether oxygens (including phenoxy) is 1. The maximum Gasteiger partial charge on any atom is 0.0576 e. The van der Waals surface area contributed by atoms with Gasteiger partial charge in [0, 0.05) is 17.5 Å². The number of nitrogens with one attached hydrogen (secondary N) is 1. The molecule has 3 N–H and O–H groups in total. The first-order valence-corrected chi connectivity index (χ1v) is 7.77. The number of hydrazine groups is 1. The Morgan fingerprint density at radius 2 is 2.22 bits per heavy atom. The van der Waals surface area contributed by atoms with Crippen LogP contribution in [0.2, 0.25) is 0 Å². The fourth-order valence-electron chi connectivity index (χ4n) is 2.41. The minimum atomic E-state index is 0.227. The Morgan fingerprint density at radius 1 is 1.44 bits per heavy atom. The Kier molecular flexibility index (Phi) is 5.50. The molecule has 0 amide bonds. The monoisotopic (exact) mass is 266 g/mol. The SMILES string of the molecule is CSc1ccc(C(CCC2CCCO2)NN)cc1. The first kappa shape index (κ1) is 13.9. The molecule has 2 atom stereocenters. The van der Waals surface area contributed by atoms with Gasteiger partial charge in [-0.2, -0.15) is 0 Å². The van der Waals surface area contributed by atoms with Crippen LogP contribution in [0.3, 0.4) is 0 Å². The zero-order chi connectivity index (χ0) is 12.8. The van der Waals surface area contributed by atoms with E-state index in [1.54, 1.807) is 11.8 Å². The van der Waals surface area contributed by atoms with E-state index in [1.807, 2.05) is 0 Å². The van der Waals surface area contributed by atoms with E-state index in [0.29, 0.717) is 6.10 Å². The van der Waals surface area contributed by atoms with E-state index in [9.17, 15) is 0 Å². The first-order valence-electron chi connectivity index (χ1n) is 6.55. The summed E-state index contributed by atoms with van der Waals surface area (Å²) < 4.78 is 5.65. The van der Waals surface area contributed by atoms with Crippen LogP contribution in [0, 0.1) is 0 Å². The predicted molar refractivity (Wildman–Crippen MR) is 76.5 cm³/mol. The molecule has 1 aliphatic heterocycles. The lowest BCUT2D eigenvalue weighted by molar-refractivity contribution is 0.0996. The zero-order valence-electron chi connectivity index (χ0n) is 10.9. The Bertz CT molecular complexity index is 349. The van der Waals surface area contributed by atoms with Crippen molar-refractivity contribution >= 4 is 11.8 Å². The molecule has 1 heterocycles. The van der Waals surface area contributed by atoms with E-state index < -0.39 is 0 Å². The van der Waals surface area contributed by atoms with E-state index in [0.717, 1.165) is 19.4 Å². The molecule has 1 aromatic rings. The van der Waals surface area contributed by atoms with Gasteiger partial charge >= 0.3 is 0 Å². The van der Waals surface area contributed by atoms with E-state index >= 15 is 0 Å². The minimum Gasteiger partial charge on any atom is -0.378 e. The summed E-state index contributed by atoms with van der Waals surface area (Å²) in [6, 6.07) is 8.84. The lowest BCUT2D eigenvalue weighted by atomic mass is 10.00. The number of rotatable bonds is 6. The van der Waals surface area contributed by atoms with Crippen LogP contribution < -0.4 is 11.3 Å². The maximum absolute atomic E-state index is 5.66. The smallest absolute Gasteiger partial charge is 0.0576 e. The average molecular weight is 266 g/mol. The fraction of sp³-hybridized carbons (Fsp3) is 0.571. The molecule has 0 bridgehead atoms. The van der Waals surface area contributed by atoms with Gasteiger partial charge in [0.25, 0.3) is 0 Å². The van der Waals surface area contributed by atoms with Crippen molar-refractivity contribution in [2.24, 2.45) is 5.84 Å². The summed E-state index contributed by atoms with van der Waals surface area (Å²) in [6.45, 7) is 0.924. The van der Waals surface area contributed by atoms with Crippen molar-refractivity contribution in [3.63, 3.8) is 0 Å². The quantitative estimate of drug-likeness (QED) is 0.472. The maximum atomic E-state index is 5.66. The second kappa shape index (κ2) is 7.14. The van der Waals surface area contributed by atoms with Crippen molar-refractivity contribution < 1.29 is 4.74 Å². The summed E-state index contributed by atoms with van der Waals surface area (Å²) in [6.07, 6.45) is 7.03. The molecule has 2 rings (SSSR count). The molecule has 18 heavy (non-hydrogen) atoms. The highest BCUT2D eigenvalue weighted by atomic mass is 32.2. The summed E-state index contributed by atoms with van der Waals surface area (Å²) >= 11 is 1.76. The van der Waals surface area contributed by atoms with Crippen LogP contribution >= 0.6 is 11.8 Å². The molecule has 0 aliphatic carbocycles. The summed E-state index contributed by atoms with van der Waals surface area (Å²) in [5.41, 5.74) is 4.18. The van der Waals surface area contributed by atoms with Crippen LogP contribution in [0.1, 0.15) is 37.3 Å². The van der Waals surface area contributed by atoms with Crippen LogP contribution in [0.5, 0.6) is 0 Å². The van der Waals surface area contributed by atoms with E-state index in [-0.39, 0.29) is 6.04 Å². The summed E-state index contributed by atoms with van der Waals surface area (Å²) in [5.74, 6) is 5.66. The van der Waals surface area contributed by atoms with Gasteiger partial charge in [0.15, 0.2) is 0 Å². The van der Waals surface area contributed by atoms with Gasteiger partial charge in [-0.25, -0.2) is 0 Å². The fourth-order valence-corrected chi connectivity index (χ4v) is 2.82. The highest BCUT2D eigenvalue weighted by Gasteiger charge is 2.18. The van der Waals surface area contributed by atoms with Crippen LogP contribution in [0.15, 0.2) is 29.2 Å². The number of hydrogen-bond acceptors (Lipinski definition) is 4. The van der Waals surface area contributed by atoms with Gasteiger partial charge in [0.2, 0.25) is 0 Å². The van der Waals surface area contributed by atoms with Gasteiger partial charge in [-0.15, -0.1) is 11.8 Å². The Hall–Kier alpha value is -0.550. The lowest BCUT2D eigenvalue weighted by Crippen LogP contribution is -2.28. The molecule has 3 nitrogen and oxygen atoms in total. The molecule has 0 aromatic heterocycles. The minimum absolute atomic E-state index is 0.227. The Balaban J connectivity index is 1.89. The first-order chi connectivity index (χ1) is 8.83. The second-order valence-electron chi connectivity index (χ2n) is 4.70. The molecule has 1 saturated heterocycles. The molecule has 1 aromatic carbocycles. The molecule has 2 unspecified atom stereocenters. The molecule has 0 saturated carbocycles. The highest BCUT2D eigenvalue weighted by Crippen LogP contribution is 2.25. The van der Waals surface area contributed by atoms with E-state index in [2.05, 4.69) is 35.9 Å². The predicted octanol–water partition coefficient (Wildman–Crippen LogP) is 2.87. The second-order valence-corrected chi connectivity index (χ2v) is 5.58. The van der Waals surface area contributed by atoms with Gasteiger partial charge in [0.05, 0.1) is 6.10 Å². The normalized spacial score (nSPS) is 21.1. The van der Waals surface area contributed by atoms with Gasteiger partial charge in [-0.05, 0) is 49.6 Å². The molecule has 100 valence electrons. The van der Waals surface area contributed by atoms with Crippen molar-refractivity contribution in [1.29, 1.82) is 0 Å². The van der Waals surface area contributed by atoms with Crippen molar-refractivity contribution in [2.45, 2.75) is 42.7 Å². The number of benzene rings is 1. The third-order valence-corrected chi connectivity index (χ3v) is 4.26. The van der Waals surface area contributed by atoms with Gasteiger partial charge < -0.3 is 4.74 Å². The number of nitrogens with two attached hydrogens (primary N) is 1. The molecular formula is C14H22N2OS. The largest absolute Gasteiger partial charge is 0.378 e. The van der Waals surface area contributed by atoms with E-state index in [1.165, 1.54) is 23.3 Å². The van der Waals surface area contributed by atoms with Crippen LogP contribution in [-0.2, 0) is 4.74 Å². The van der Waals surface area contributed by atoms with Crippen molar-refractivity contribution in [1.82, 2.24) is 5.43 Å². The van der Waals surface area contributed by atoms with Crippen LogP contribution in [0.4, 0.5) is 0 Å². The highest BCUT2D eigenvalue weighted by molar-refractivity contribution is 7.98. The van der Waals surface area contributed by atoms with Crippen molar-refractivity contribution in [3.8, 4) is 0 Å². The molecule has 0 spiro atoms. The third kappa shape index (κ3) is 3.72. The third-order valence-electron chi connectivity index (χ3n) is 3.52. The Morgan fingerprint density at radius 3 is 2.78 bits per heavy atom. The number of hydrogen-bond donors (Lipinski definition) is 2. The molecule has 1 aliphatic rings. The molecule has 1 fully saturated rings.